The number of aromatic nitrogens is 4. The zero-order chi connectivity index (χ0) is 29.1. The molecule has 0 bridgehead atoms. The molecule has 0 aliphatic rings. The van der Waals surface area contributed by atoms with Gasteiger partial charge in [0.05, 0.1) is 28.5 Å². The zero-order valence-electron chi connectivity index (χ0n) is 24.9. The van der Waals surface area contributed by atoms with Gasteiger partial charge in [-0.3, -0.25) is 9.55 Å². The van der Waals surface area contributed by atoms with Crippen molar-refractivity contribution in [3.8, 4) is 28.2 Å². The molecule has 0 atom stereocenters. The zero-order valence-corrected chi connectivity index (χ0v) is 24.9. The molecule has 0 unspecified atom stereocenters. The number of benzene rings is 3. The highest BCUT2D eigenvalue weighted by Crippen LogP contribution is 2.42. The van der Waals surface area contributed by atoms with E-state index in [1.165, 1.54) is 27.9 Å². The fourth-order valence-electron chi connectivity index (χ4n) is 6.14. The summed E-state index contributed by atoms with van der Waals surface area (Å²) in [5.41, 5.74) is 12.5. The molecule has 0 spiro atoms. The van der Waals surface area contributed by atoms with Crippen LogP contribution in [0.15, 0.2) is 89.6 Å². The molecule has 0 fully saturated rings. The fourth-order valence-corrected chi connectivity index (χ4v) is 6.14. The van der Waals surface area contributed by atoms with Gasteiger partial charge in [-0.2, -0.15) is 0 Å². The minimum absolute atomic E-state index is 0.277. The highest BCUT2D eigenvalue weighted by atomic mass is 16.3. The SMILES string of the molecule is Cc1ccc2c(n1)oc1c(-c3nc4ccncc4n3-c3c(C(C)C)cc(-c4ccccc4)cc3C(C)C)ccc(C)c12. The quantitative estimate of drug-likeness (QED) is 0.214. The Balaban J connectivity index is 1.60. The lowest BCUT2D eigenvalue weighted by Gasteiger charge is -2.24. The van der Waals surface area contributed by atoms with Crippen LogP contribution in [0.2, 0.25) is 0 Å². The normalized spacial score (nSPS) is 12.0. The van der Waals surface area contributed by atoms with Gasteiger partial charge in [0.1, 0.15) is 11.4 Å². The third kappa shape index (κ3) is 4.11. The van der Waals surface area contributed by atoms with Gasteiger partial charge in [-0.15, -0.1) is 0 Å². The van der Waals surface area contributed by atoms with E-state index in [0.717, 1.165) is 50.0 Å². The largest absolute Gasteiger partial charge is 0.437 e. The Kier molecular flexibility index (Phi) is 6.19. The summed E-state index contributed by atoms with van der Waals surface area (Å²) in [7, 11) is 0. The Bertz CT molecular complexity index is 2090. The molecule has 7 aromatic rings. The van der Waals surface area contributed by atoms with Gasteiger partial charge in [0, 0.05) is 22.7 Å². The Labute approximate surface area is 245 Å². The van der Waals surface area contributed by atoms with Crippen LogP contribution in [-0.4, -0.2) is 19.5 Å². The number of nitrogens with zero attached hydrogens (tertiary/aromatic N) is 4. The summed E-state index contributed by atoms with van der Waals surface area (Å²) in [4.78, 5) is 14.5. The maximum atomic E-state index is 6.54. The van der Waals surface area contributed by atoms with Gasteiger partial charge in [0.2, 0.25) is 5.71 Å². The van der Waals surface area contributed by atoms with E-state index in [4.69, 9.17) is 14.4 Å². The lowest BCUT2D eigenvalue weighted by atomic mass is 9.88. The second kappa shape index (κ2) is 9.95. The molecule has 0 radical (unpaired) electrons. The van der Waals surface area contributed by atoms with Crippen molar-refractivity contribution in [2.45, 2.75) is 53.4 Å². The molecule has 0 saturated heterocycles. The lowest BCUT2D eigenvalue weighted by molar-refractivity contribution is 0.653. The molecule has 4 aromatic heterocycles. The summed E-state index contributed by atoms with van der Waals surface area (Å²) in [6, 6.07) is 25.8. The number of pyridine rings is 2. The maximum absolute atomic E-state index is 6.54. The molecule has 4 heterocycles. The van der Waals surface area contributed by atoms with E-state index in [0.29, 0.717) is 5.71 Å². The van der Waals surface area contributed by atoms with Crippen molar-refractivity contribution in [3.05, 3.63) is 108 Å². The standard InChI is InChI=1S/C37H34N4O/c1-21(2)29-18-26(25-10-8-7-9-11-25)19-30(22(3)4)34(29)41-32-20-38-17-16-31(32)40-36(41)28-14-12-23(5)33-27-15-13-24(6)39-37(27)42-35(28)33/h7-22H,1-6H3. The van der Waals surface area contributed by atoms with Crippen LogP contribution in [0.1, 0.15) is 61.9 Å². The van der Waals surface area contributed by atoms with Gasteiger partial charge in [-0.1, -0.05) is 64.1 Å². The highest BCUT2D eigenvalue weighted by molar-refractivity contribution is 6.10. The van der Waals surface area contributed by atoms with Crippen molar-refractivity contribution in [1.29, 1.82) is 0 Å². The molecule has 0 aliphatic carbocycles. The molecule has 7 rings (SSSR count). The number of furan rings is 1. The maximum Gasteiger partial charge on any atom is 0.227 e. The van der Waals surface area contributed by atoms with Crippen molar-refractivity contribution in [2.24, 2.45) is 0 Å². The third-order valence-corrected chi connectivity index (χ3v) is 8.27. The number of hydrogen-bond donors (Lipinski definition) is 0. The number of hydrogen-bond acceptors (Lipinski definition) is 4. The molecule has 3 aromatic carbocycles. The Morgan fingerprint density at radius 3 is 2.21 bits per heavy atom. The minimum Gasteiger partial charge on any atom is -0.437 e. The Morgan fingerprint density at radius 1 is 0.762 bits per heavy atom. The lowest BCUT2D eigenvalue weighted by Crippen LogP contribution is -2.09. The molecular formula is C37H34N4O. The first-order valence-corrected chi connectivity index (χ1v) is 14.7. The highest BCUT2D eigenvalue weighted by Gasteiger charge is 2.26. The van der Waals surface area contributed by atoms with E-state index < -0.39 is 0 Å². The number of rotatable bonds is 5. The van der Waals surface area contributed by atoms with Crippen molar-refractivity contribution in [3.63, 3.8) is 0 Å². The first kappa shape index (κ1) is 26.1. The molecule has 5 heteroatoms. The third-order valence-electron chi connectivity index (χ3n) is 8.27. The van der Waals surface area contributed by atoms with Gasteiger partial charge in [-0.05, 0) is 89.9 Å². The van der Waals surface area contributed by atoms with Crippen LogP contribution in [0.3, 0.4) is 0 Å². The second-order valence-corrected chi connectivity index (χ2v) is 11.9. The smallest absolute Gasteiger partial charge is 0.227 e. The summed E-state index contributed by atoms with van der Waals surface area (Å²) < 4.78 is 8.86. The average Bonchev–Trinajstić information content (AvgIpc) is 3.56. The topological polar surface area (TPSA) is 56.7 Å². The van der Waals surface area contributed by atoms with Gasteiger partial charge in [0.15, 0.2) is 0 Å². The van der Waals surface area contributed by atoms with E-state index in [9.17, 15) is 0 Å². The monoisotopic (exact) mass is 550 g/mol. The predicted octanol–water partition coefficient (Wildman–Crippen LogP) is 9.91. The molecule has 0 saturated carbocycles. The summed E-state index contributed by atoms with van der Waals surface area (Å²) in [6.45, 7) is 13.2. The second-order valence-electron chi connectivity index (χ2n) is 11.9. The van der Waals surface area contributed by atoms with Gasteiger partial charge < -0.3 is 4.42 Å². The number of imidazole rings is 1. The van der Waals surface area contributed by atoms with Crippen LogP contribution >= 0.6 is 0 Å². The van der Waals surface area contributed by atoms with Crippen LogP contribution in [0.25, 0.3) is 61.3 Å². The van der Waals surface area contributed by atoms with Crippen molar-refractivity contribution >= 4 is 33.1 Å². The number of aryl methyl sites for hydroxylation is 2. The number of fused-ring (bicyclic) bond motifs is 4. The average molecular weight is 551 g/mol. The van der Waals surface area contributed by atoms with Crippen LogP contribution in [0, 0.1) is 13.8 Å². The van der Waals surface area contributed by atoms with Crippen molar-refractivity contribution < 1.29 is 4.42 Å². The fraction of sp³-hybridized carbons (Fsp3) is 0.216. The molecule has 0 aliphatic heterocycles. The minimum atomic E-state index is 0.277. The molecule has 208 valence electrons. The van der Waals surface area contributed by atoms with E-state index in [2.05, 4.69) is 105 Å². The van der Waals surface area contributed by atoms with E-state index in [1.807, 2.05) is 31.5 Å². The molecule has 0 N–H and O–H groups in total. The summed E-state index contributed by atoms with van der Waals surface area (Å²) >= 11 is 0. The van der Waals surface area contributed by atoms with Gasteiger partial charge in [-0.25, -0.2) is 9.97 Å². The van der Waals surface area contributed by atoms with Crippen LogP contribution in [-0.2, 0) is 0 Å². The first-order chi connectivity index (χ1) is 20.3. The van der Waals surface area contributed by atoms with Crippen molar-refractivity contribution in [2.75, 3.05) is 0 Å². The Hall–Kier alpha value is -4.77. The molecule has 5 nitrogen and oxygen atoms in total. The molecular weight excluding hydrogens is 516 g/mol. The first-order valence-electron chi connectivity index (χ1n) is 14.7. The Morgan fingerprint density at radius 2 is 1.50 bits per heavy atom. The van der Waals surface area contributed by atoms with E-state index >= 15 is 0 Å². The van der Waals surface area contributed by atoms with Crippen LogP contribution < -0.4 is 0 Å². The summed E-state index contributed by atoms with van der Waals surface area (Å²) in [5.74, 6) is 1.40. The van der Waals surface area contributed by atoms with Gasteiger partial charge in [0.25, 0.3) is 0 Å². The molecule has 42 heavy (non-hydrogen) atoms. The van der Waals surface area contributed by atoms with Crippen LogP contribution in [0.5, 0.6) is 0 Å². The summed E-state index contributed by atoms with van der Waals surface area (Å²) in [6.07, 6.45) is 3.74. The van der Waals surface area contributed by atoms with E-state index in [-0.39, 0.29) is 11.8 Å². The van der Waals surface area contributed by atoms with Gasteiger partial charge >= 0.3 is 0 Å². The summed E-state index contributed by atoms with van der Waals surface area (Å²) in [5, 5.41) is 2.11. The predicted molar refractivity (Wildman–Crippen MR) is 172 cm³/mol. The van der Waals surface area contributed by atoms with Crippen molar-refractivity contribution in [1.82, 2.24) is 19.5 Å². The molecule has 0 amide bonds. The van der Waals surface area contributed by atoms with E-state index in [1.54, 1.807) is 0 Å². The van der Waals surface area contributed by atoms with Crippen LogP contribution in [0.4, 0.5) is 0 Å².